The van der Waals surface area contributed by atoms with Gasteiger partial charge in [0.15, 0.2) is 0 Å². The molecule has 1 aliphatic heterocycles. The largest absolute Gasteiger partial charge is 0.377 e. The van der Waals surface area contributed by atoms with Gasteiger partial charge in [-0.25, -0.2) is 0 Å². The van der Waals surface area contributed by atoms with Crippen molar-refractivity contribution in [1.82, 2.24) is 14.8 Å². The van der Waals surface area contributed by atoms with E-state index in [1.807, 2.05) is 57.2 Å². The number of benzene rings is 1. The van der Waals surface area contributed by atoms with Crippen LogP contribution in [0.4, 0.5) is 0 Å². The number of carbonyl (C=O) groups excluding carboxylic acids is 2. The zero-order chi connectivity index (χ0) is 19.4. The van der Waals surface area contributed by atoms with E-state index in [0.717, 1.165) is 17.1 Å². The van der Waals surface area contributed by atoms with Gasteiger partial charge in [0.05, 0.1) is 24.8 Å². The number of para-hydroxylation sites is 1. The van der Waals surface area contributed by atoms with E-state index in [0.29, 0.717) is 31.9 Å². The minimum Gasteiger partial charge on any atom is -0.377 e. The van der Waals surface area contributed by atoms with E-state index >= 15 is 0 Å². The predicted octanol–water partition coefficient (Wildman–Crippen LogP) is 2.46. The Bertz CT molecular complexity index is 814. The van der Waals surface area contributed by atoms with Gasteiger partial charge in [-0.2, -0.15) is 0 Å². The zero-order valence-corrected chi connectivity index (χ0v) is 16.2. The molecule has 3 rings (SSSR count). The van der Waals surface area contributed by atoms with Crippen molar-refractivity contribution >= 4 is 11.8 Å². The maximum absolute atomic E-state index is 13.3. The molecule has 2 amide bonds. The standard InChI is InChI=1S/C21H27N3O3/c1-4-22-20(25)13-18-14-27-11-10-23(18)21(26)19-12-15(2)24(16(19)3)17-8-6-5-7-9-17/h5-9,12,18H,4,10-11,13-14H2,1-3H3,(H,22,25). The summed E-state index contributed by atoms with van der Waals surface area (Å²) in [5.74, 6) is -0.0940. The molecule has 0 radical (unpaired) electrons. The zero-order valence-electron chi connectivity index (χ0n) is 16.2. The molecule has 0 spiro atoms. The third-order valence-corrected chi connectivity index (χ3v) is 4.96. The Morgan fingerprint density at radius 2 is 1.96 bits per heavy atom. The monoisotopic (exact) mass is 369 g/mol. The molecule has 1 atom stereocenters. The van der Waals surface area contributed by atoms with Crippen molar-refractivity contribution in [3.05, 3.63) is 53.3 Å². The number of aromatic nitrogens is 1. The molecule has 0 bridgehead atoms. The molecule has 2 aromatic rings. The molecular weight excluding hydrogens is 342 g/mol. The maximum Gasteiger partial charge on any atom is 0.256 e. The molecule has 0 aliphatic carbocycles. The van der Waals surface area contributed by atoms with Crippen LogP contribution < -0.4 is 5.32 Å². The number of hydrogen-bond acceptors (Lipinski definition) is 3. The number of ether oxygens (including phenoxy) is 1. The van der Waals surface area contributed by atoms with E-state index in [4.69, 9.17) is 4.74 Å². The van der Waals surface area contributed by atoms with Gasteiger partial charge in [0.2, 0.25) is 5.91 Å². The highest BCUT2D eigenvalue weighted by Crippen LogP contribution is 2.24. The van der Waals surface area contributed by atoms with E-state index in [2.05, 4.69) is 9.88 Å². The quantitative estimate of drug-likeness (QED) is 0.881. The van der Waals surface area contributed by atoms with Gasteiger partial charge in [-0.15, -0.1) is 0 Å². The normalized spacial score (nSPS) is 17.0. The van der Waals surface area contributed by atoms with Gasteiger partial charge in [0.25, 0.3) is 5.91 Å². The topological polar surface area (TPSA) is 63.6 Å². The van der Waals surface area contributed by atoms with Gasteiger partial charge in [-0.05, 0) is 39.0 Å². The Hall–Kier alpha value is -2.60. The number of hydrogen-bond donors (Lipinski definition) is 1. The van der Waals surface area contributed by atoms with Crippen LogP contribution in [-0.2, 0) is 9.53 Å². The van der Waals surface area contributed by atoms with E-state index in [1.54, 1.807) is 4.90 Å². The van der Waals surface area contributed by atoms with Crippen LogP contribution in [0.5, 0.6) is 0 Å². The molecule has 1 saturated heterocycles. The van der Waals surface area contributed by atoms with Gasteiger partial charge < -0.3 is 19.5 Å². The highest BCUT2D eigenvalue weighted by atomic mass is 16.5. The molecule has 1 N–H and O–H groups in total. The molecule has 1 fully saturated rings. The fourth-order valence-corrected chi connectivity index (χ4v) is 3.68. The molecule has 1 aromatic carbocycles. The number of carbonyl (C=O) groups is 2. The van der Waals surface area contributed by atoms with Crippen LogP contribution in [0.1, 0.15) is 35.1 Å². The lowest BCUT2D eigenvalue weighted by Gasteiger charge is -2.35. The first-order valence-electron chi connectivity index (χ1n) is 9.42. The Kier molecular flexibility index (Phi) is 5.96. The first-order chi connectivity index (χ1) is 13.0. The van der Waals surface area contributed by atoms with Gasteiger partial charge in [-0.3, -0.25) is 9.59 Å². The summed E-state index contributed by atoms with van der Waals surface area (Å²) in [6.45, 7) is 7.82. The van der Waals surface area contributed by atoms with Crippen molar-refractivity contribution in [2.45, 2.75) is 33.2 Å². The predicted molar refractivity (Wildman–Crippen MR) is 104 cm³/mol. The molecule has 1 unspecified atom stereocenters. The summed E-state index contributed by atoms with van der Waals surface area (Å²) in [5.41, 5.74) is 3.63. The average Bonchev–Trinajstić information content (AvgIpc) is 2.97. The van der Waals surface area contributed by atoms with E-state index in [-0.39, 0.29) is 24.3 Å². The molecule has 1 aliphatic rings. The SMILES string of the molecule is CCNC(=O)CC1COCCN1C(=O)c1cc(C)n(-c2ccccc2)c1C. The van der Waals surface area contributed by atoms with Crippen LogP contribution in [-0.4, -0.2) is 53.6 Å². The van der Waals surface area contributed by atoms with Crippen LogP contribution in [0, 0.1) is 13.8 Å². The van der Waals surface area contributed by atoms with Crippen LogP contribution >= 0.6 is 0 Å². The first-order valence-corrected chi connectivity index (χ1v) is 9.42. The molecule has 144 valence electrons. The van der Waals surface area contributed by atoms with Gasteiger partial charge >= 0.3 is 0 Å². The minimum absolute atomic E-state index is 0.0390. The Labute approximate surface area is 160 Å². The van der Waals surface area contributed by atoms with Gasteiger partial charge in [0.1, 0.15) is 0 Å². The van der Waals surface area contributed by atoms with E-state index in [9.17, 15) is 9.59 Å². The van der Waals surface area contributed by atoms with Crippen LogP contribution in [0.15, 0.2) is 36.4 Å². The lowest BCUT2D eigenvalue weighted by Crippen LogP contribution is -2.50. The third-order valence-electron chi connectivity index (χ3n) is 4.96. The number of morpholine rings is 1. The Balaban J connectivity index is 1.87. The second kappa shape index (κ2) is 8.39. The highest BCUT2D eigenvalue weighted by Gasteiger charge is 2.31. The van der Waals surface area contributed by atoms with Crippen LogP contribution in [0.25, 0.3) is 5.69 Å². The third kappa shape index (κ3) is 4.06. The number of nitrogens with one attached hydrogen (secondary N) is 1. The number of rotatable bonds is 5. The number of amides is 2. The summed E-state index contributed by atoms with van der Waals surface area (Å²) >= 11 is 0. The van der Waals surface area contributed by atoms with Crippen molar-refractivity contribution in [1.29, 1.82) is 0 Å². The summed E-state index contributed by atoms with van der Waals surface area (Å²) in [7, 11) is 0. The van der Waals surface area contributed by atoms with Gasteiger partial charge in [-0.1, -0.05) is 18.2 Å². The second-order valence-electron chi connectivity index (χ2n) is 6.84. The maximum atomic E-state index is 13.3. The number of aryl methyl sites for hydroxylation is 1. The lowest BCUT2D eigenvalue weighted by molar-refractivity contribution is -0.123. The van der Waals surface area contributed by atoms with E-state index < -0.39 is 0 Å². The number of nitrogens with zero attached hydrogens (tertiary/aromatic N) is 2. The summed E-state index contributed by atoms with van der Waals surface area (Å²) in [6.07, 6.45) is 0.261. The van der Waals surface area contributed by atoms with Crippen molar-refractivity contribution in [2.75, 3.05) is 26.3 Å². The smallest absolute Gasteiger partial charge is 0.256 e. The van der Waals surface area contributed by atoms with Crippen molar-refractivity contribution in [3.63, 3.8) is 0 Å². The molecule has 2 heterocycles. The van der Waals surface area contributed by atoms with E-state index in [1.165, 1.54) is 0 Å². The minimum atomic E-state index is -0.238. The fourth-order valence-electron chi connectivity index (χ4n) is 3.68. The van der Waals surface area contributed by atoms with Crippen molar-refractivity contribution in [3.8, 4) is 5.69 Å². The molecule has 6 nitrogen and oxygen atoms in total. The average molecular weight is 369 g/mol. The molecular formula is C21H27N3O3. The highest BCUT2D eigenvalue weighted by molar-refractivity contribution is 5.96. The van der Waals surface area contributed by atoms with Gasteiger partial charge in [0, 0.05) is 36.6 Å². The summed E-state index contributed by atoms with van der Waals surface area (Å²) in [6, 6.07) is 11.7. The second-order valence-corrected chi connectivity index (χ2v) is 6.84. The molecule has 27 heavy (non-hydrogen) atoms. The Morgan fingerprint density at radius 3 is 2.67 bits per heavy atom. The van der Waals surface area contributed by atoms with Crippen molar-refractivity contribution < 1.29 is 14.3 Å². The first kappa shape index (κ1) is 19.2. The molecule has 0 saturated carbocycles. The van der Waals surface area contributed by atoms with Crippen LogP contribution in [0.3, 0.4) is 0 Å². The molecule has 6 heteroatoms. The lowest BCUT2D eigenvalue weighted by atomic mass is 10.1. The summed E-state index contributed by atoms with van der Waals surface area (Å²) < 4.78 is 7.62. The Morgan fingerprint density at radius 1 is 1.22 bits per heavy atom. The molecule has 1 aromatic heterocycles. The summed E-state index contributed by atoms with van der Waals surface area (Å²) in [4.78, 5) is 27.1. The summed E-state index contributed by atoms with van der Waals surface area (Å²) in [5, 5.41) is 2.80. The fraction of sp³-hybridized carbons (Fsp3) is 0.429. The van der Waals surface area contributed by atoms with Crippen LogP contribution in [0.2, 0.25) is 0 Å². The van der Waals surface area contributed by atoms with Crippen molar-refractivity contribution in [2.24, 2.45) is 0 Å².